The van der Waals surface area contributed by atoms with Crippen molar-refractivity contribution in [3.05, 3.63) is 28.2 Å². The lowest BCUT2D eigenvalue weighted by Gasteiger charge is -2.31. The minimum absolute atomic E-state index is 0.00884. The number of nitrogens with one attached hydrogen (secondary N) is 1. The normalized spacial score (nSPS) is 25.8. The summed E-state index contributed by atoms with van der Waals surface area (Å²) >= 11 is 3.45. The Labute approximate surface area is 127 Å². The van der Waals surface area contributed by atoms with Gasteiger partial charge in [-0.25, -0.2) is 0 Å². The van der Waals surface area contributed by atoms with Crippen LogP contribution >= 0.6 is 15.9 Å². The Kier molecular flexibility index (Phi) is 4.46. The molecule has 3 N–H and O–H groups in total. The van der Waals surface area contributed by atoms with Gasteiger partial charge in [-0.3, -0.25) is 4.79 Å². The quantitative estimate of drug-likeness (QED) is 0.871. The van der Waals surface area contributed by atoms with Crippen LogP contribution in [-0.4, -0.2) is 11.4 Å². The second-order valence-electron chi connectivity index (χ2n) is 5.51. The lowest BCUT2D eigenvalue weighted by molar-refractivity contribution is -0.121. The van der Waals surface area contributed by atoms with Gasteiger partial charge in [-0.2, -0.15) is 5.26 Å². The summed E-state index contributed by atoms with van der Waals surface area (Å²) in [4.78, 5) is 12.2. The molecular weight excluding hydrogens is 318 g/mol. The highest BCUT2D eigenvalue weighted by Crippen LogP contribution is 2.31. The Hall–Kier alpha value is -1.38. The topological polar surface area (TPSA) is 78.9 Å². The van der Waals surface area contributed by atoms with Gasteiger partial charge < -0.3 is 11.1 Å². The molecule has 20 heavy (non-hydrogen) atoms. The number of nitriles is 1. The van der Waals surface area contributed by atoms with Gasteiger partial charge in [0.1, 0.15) is 5.54 Å². The molecule has 1 aliphatic rings. The first-order valence-corrected chi connectivity index (χ1v) is 7.50. The van der Waals surface area contributed by atoms with Crippen molar-refractivity contribution >= 4 is 27.5 Å². The molecular formula is C15H18BrN3O. The maximum absolute atomic E-state index is 12.2. The first-order valence-electron chi connectivity index (χ1n) is 6.71. The average molecular weight is 336 g/mol. The molecule has 1 aromatic carbocycles. The van der Waals surface area contributed by atoms with E-state index in [1.807, 2.05) is 25.1 Å². The lowest BCUT2D eigenvalue weighted by Crippen LogP contribution is -2.43. The molecule has 1 aromatic rings. The van der Waals surface area contributed by atoms with E-state index < -0.39 is 5.54 Å². The summed E-state index contributed by atoms with van der Waals surface area (Å²) < 4.78 is 0.881. The van der Waals surface area contributed by atoms with Crippen molar-refractivity contribution in [1.82, 2.24) is 0 Å². The summed E-state index contributed by atoms with van der Waals surface area (Å²) in [7, 11) is 0. The highest BCUT2D eigenvalue weighted by Gasteiger charge is 2.34. The number of hydrogen-bond acceptors (Lipinski definition) is 3. The van der Waals surface area contributed by atoms with Crippen molar-refractivity contribution in [2.45, 2.75) is 38.1 Å². The third kappa shape index (κ3) is 3.38. The highest BCUT2D eigenvalue weighted by atomic mass is 79.9. The Morgan fingerprint density at radius 3 is 2.70 bits per heavy atom. The summed E-state index contributed by atoms with van der Waals surface area (Å²) in [5, 5.41) is 11.9. The first kappa shape index (κ1) is 15.0. The molecule has 0 atom stereocenters. The van der Waals surface area contributed by atoms with Crippen LogP contribution in [0.15, 0.2) is 22.7 Å². The molecule has 0 radical (unpaired) electrons. The SMILES string of the molecule is Cc1ccc(NC(=O)C2CCC(N)(C#N)CC2)c(Br)c1. The zero-order chi connectivity index (χ0) is 14.8. The Morgan fingerprint density at radius 1 is 1.50 bits per heavy atom. The molecule has 0 bridgehead atoms. The minimum atomic E-state index is -0.749. The van der Waals surface area contributed by atoms with E-state index in [4.69, 9.17) is 11.0 Å². The zero-order valence-corrected chi connectivity index (χ0v) is 13.0. The van der Waals surface area contributed by atoms with Gasteiger partial charge >= 0.3 is 0 Å². The van der Waals surface area contributed by atoms with Crippen LogP contribution < -0.4 is 11.1 Å². The maximum atomic E-state index is 12.2. The van der Waals surface area contributed by atoms with E-state index in [0.717, 1.165) is 15.7 Å². The molecule has 1 fully saturated rings. The maximum Gasteiger partial charge on any atom is 0.227 e. The summed E-state index contributed by atoms with van der Waals surface area (Å²) in [6.45, 7) is 2.00. The number of nitrogens with zero attached hydrogens (tertiary/aromatic N) is 1. The molecule has 2 rings (SSSR count). The number of halogens is 1. The number of aryl methyl sites for hydroxylation is 1. The summed E-state index contributed by atoms with van der Waals surface area (Å²) in [5.41, 5.74) is 7.08. The van der Waals surface area contributed by atoms with Gasteiger partial charge in [-0.05, 0) is 66.2 Å². The van der Waals surface area contributed by atoms with Crippen LogP contribution in [0, 0.1) is 24.2 Å². The van der Waals surface area contributed by atoms with Crippen molar-refractivity contribution < 1.29 is 4.79 Å². The summed E-state index contributed by atoms with van der Waals surface area (Å²) in [6.07, 6.45) is 2.49. The van der Waals surface area contributed by atoms with Crippen molar-refractivity contribution in [3.63, 3.8) is 0 Å². The van der Waals surface area contributed by atoms with Crippen LogP contribution in [0.2, 0.25) is 0 Å². The number of carbonyl (C=O) groups is 1. The second-order valence-corrected chi connectivity index (χ2v) is 6.37. The third-order valence-corrected chi connectivity index (χ3v) is 4.51. The number of carbonyl (C=O) groups excluding carboxylic acids is 1. The third-order valence-electron chi connectivity index (χ3n) is 3.85. The van der Waals surface area contributed by atoms with Crippen molar-refractivity contribution in [2.75, 3.05) is 5.32 Å². The smallest absolute Gasteiger partial charge is 0.227 e. The predicted octanol–water partition coefficient (Wildman–Crippen LogP) is 3.11. The monoisotopic (exact) mass is 335 g/mol. The summed E-state index contributed by atoms with van der Waals surface area (Å²) in [6, 6.07) is 7.96. The van der Waals surface area contributed by atoms with Gasteiger partial charge in [0.2, 0.25) is 5.91 Å². The van der Waals surface area contributed by atoms with Crippen LogP contribution in [0.4, 0.5) is 5.69 Å². The number of amides is 1. The molecule has 0 aliphatic heterocycles. The van der Waals surface area contributed by atoms with Gasteiger partial charge in [0.05, 0.1) is 11.8 Å². The van der Waals surface area contributed by atoms with Crippen LogP contribution in [-0.2, 0) is 4.79 Å². The number of benzene rings is 1. The van der Waals surface area contributed by atoms with Gasteiger partial charge in [0, 0.05) is 10.4 Å². The molecule has 0 saturated heterocycles. The molecule has 1 aliphatic carbocycles. The van der Waals surface area contributed by atoms with E-state index in [1.165, 1.54) is 0 Å². The van der Waals surface area contributed by atoms with E-state index in [1.54, 1.807) is 0 Å². The first-order chi connectivity index (χ1) is 9.43. The van der Waals surface area contributed by atoms with Crippen molar-refractivity contribution in [2.24, 2.45) is 11.7 Å². The zero-order valence-electron chi connectivity index (χ0n) is 11.4. The molecule has 1 amide bonds. The Balaban J connectivity index is 1.98. The van der Waals surface area contributed by atoms with E-state index in [2.05, 4.69) is 27.3 Å². The molecule has 0 unspecified atom stereocenters. The Morgan fingerprint density at radius 2 is 2.15 bits per heavy atom. The van der Waals surface area contributed by atoms with E-state index in [0.29, 0.717) is 25.7 Å². The molecule has 4 nitrogen and oxygen atoms in total. The minimum Gasteiger partial charge on any atom is -0.325 e. The number of hydrogen-bond donors (Lipinski definition) is 2. The fourth-order valence-corrected chi connectivity index (χ4v) is 3.06. The fourth-order valence-electron chi connectivity index (χ4n) is 2.46. The van der Waals surface area contributed by atoms with Crippen LogP contribution in [0.25, 0.3) is 0 Å². The predicted molar refractivity (Wildman–Crippen MR) is 82.0 cm³/mol. The Bertz CT molecular complexity index is 557. The van der Waals surface area contributed by atoms with Crippen LogP contribution in [0.3, 0.4) is 0 Å². The van der Waals surface area contributed by atoms with Crippen LogP contribution in [0.5, 0.6) is 0 Å². The molecule has 0 heterocycles. The molecule has 106 valence electrons. The molecule has 0 spiro atoms. The summed E-state index contributed by atoms with van der Waals surface area (Å²) in [5.74, 6) is -0.0530. The van der Waals surface area contributed by atoms with E-state index in [-0.39, 0.29) is 11.8 Å². The van der Waals surface area contributed by atoms with Crippen molar-refractivity contribution in [1.29, 1.82) is 5.26 Å². The van der Waals surface area contributed by atoms with Gasteiger partial charge in [-0.15, -0.1) is 0 Å². The molecule has 1 saturated carbocycles. The van der Waals surface area contributed by atoms with Crippen LogP contribution in [0.1, 0.15) is 31.2 Å². The largest absolute Gasteiger partial charge is 0.325 e. The molecule has 5 heteroatoms. The standard InChI is InChI=1S/C15H18BrN3O/c1-10-2-3-13(12(16)8-10)19-14(20)11-4-6-15(18,9-17)7-5-11/h2-3,8,11H,4-7,18H2,1H3,(H,19,20). The number of nitrogens with two attached hydrogens (primary N) is 1. The van der Waals surface area contributed by atoms with Gasteiger partial charge in [-0.1, -0.05) is 6.07 Å². The van der Waals surface area contributed by atoms with Gasteiger partial charge in [0.25, 0.3) is 0 Å². The average Bonchev–Trinajstić information content (AvgIpc) is 2.42. The van der Waals surface area contributed by atoms with Gasteiger partial charge in [0.15, 0.2) is 0 Å². The highest BCUT2D eigenvalue weighted by molar-refractivity contribution is 9.10. The second kappa shape index (κ2) is 5.94. The number of rotatable bonds is 2. The fraction of sp³-hybridized carbons (Fsp3) is 0.467. The molecule has 0 aromatic heterocycles. The van der Waals surface area contributed by atoms with Crippen molar-refractivity contribution in [3.8, 4) is 6.07 Å². The van der Waals surface area contributed by atoms with E-state index in [9.17, 15) is 4.79 Å². The number of anilines is 1. The lowest BCUT2D eigenvalue weighted by atomic mass is 9.77. The van der Waals surface area contributed by atoms with E-state index >= 15 is 0 Å².